The highest BCUT2D eigenvalue weighted by Crippen LogP contribution is 2.46. The second kappa shape index (κ2) is 4.91. The standard InChI is InChI=1S/C16H9F3O4/c17-10-1-7(2-11(18)16(10)19)8-4-15(20)23-12-5-14-13(3-9(8)12)21-6-22-14/h1-3,5,8H,4,6H2/t8-/m0/s1. The van der Waals surface area contributed by atoms with Gasteiger partial charge in [0.1, 0.15) is 5.75 Å². The van der Waals surface area contributed by atoms with E-state index < -0.39 is 29.3 Å². The summed E-state index contributed by atoms with van der Waals surface area (Å²) in [4.78, 5) is 11.8. The maximum atomic E-state index is 13.5. The summed E-state index contributed by atoms with van der Waals surface area (Å²) in [5.74, 6) is -4.25. The highest BCUT2D eigenvalue weighted by atomic mass is 19.2. The zero-order valence-corrected chi connectivity index (χ0v) is 11.6. The summed E-state index contributed by atoms with van der Waals surface area (Å²) in [7, 11) is 0. The third-order valence-corrected chi connectivity index (χ3v) is 3.88. The molecule has 0 fully saturated rings. The molecule has 4 rings (SSSR count). The summed E-state index contributed by atoms with van der Waals surface area (Å²) in [6.45, 7) is 0.0383. The minimum absolute atomic E-state index is 0.0383. The molecule has 4 nitrogen and oxygen atoms in total. The second-order valence-electron chi connectivity index (χ2n) is 5.27. The first-order chi connectivity index (χ1) is 11.0. The van der Waals surface area contributed by atoms with Gasteiger partial charge in [-0.1, -0.05) is 0 Å². The Labute approximate surface area is 128 Å². The van der Waals surface area contributed by atoms with Crippen LogP contribution in [0.2, 0.25) is 0 Å². The number of ether oxygens (including phenoxy) is 3. The van der Waals surface area contributed by atoms with Crippen molar-refractivity contribution in [2.75, 3.05) is 6.79 Å². The smallest absolute Gasteiger partial charge is 0.312 e. The molecule has 2 aromatic carbocycles. The lowest BCUT2D eigenvalue weighted by Crippen LogP contribution is -2.21. The Hall–Kier alpha value is -2.70. The highest BCUT2D eigenvalue weighted by Gasteiger charge is 2.32. The first-order valence-electron chi connectivity index (χ1n) is 6.81. The molecule has 2 heterocycles. The minimum atomic E-state index is -1.54. The second-order valence-corrected chi connectivity index (χ2v) is 5.27. The maximum absolute atomic E-state index is 13.5. The molecule has 23 heavy (non-hydrogen) atoms. The molecule has 118 valence electrons. The van der Waals surface area contributed by atoms with Crippen LogP contribution in [0.4, 0.5) is 13.2 Å². The van der Waals surface area contributed by atoms with Gasteiger partial charge in [-0.2, -0.15) is 0 Å². The summed E-state index contributed by atoms with van der Waals surface area (Å²) >= 11 is 0. The average Bonchev–Trinajstić information content (AvgIpc) is 2.96. The van der Waals surface area contributed by atoms with Gasteiger partial charge < -0.3 is 14.2 Å². The van der Waals surface area contributed by atoms with Crippen molar-refractivity contribution in [2.45, 2.75) is 12.3 Å². The fourth-order valence-corrected chi connectivity index (χ4v) is 2.81. The molecule has 0 aromatic heterocycles. The van der Waals surface area contributed by atoms with Crippen LogP contribution < -0.4 is 14.2 Å². The van der Waals surface area contributed by atoms with Gasteiger partial charge in [0.15, 0.2) is 29.0 Å². The van der Waals surface area contributed by atoms with Gasteiger partial charge in [-0.25, -0.2) is 13.2 Å². The van der Waals surface area contributed by atoms with E-state index in [0.717, 1.165) is 12.1 Å². The molecular formula is C16H9F3O4. The van der Waals surface area contributed by atoms with Crippen LogP contribution in [0.5, 0.6) is 17.2 Å². The minimum Gasteiger partial charge on any atom is -0.454 e. The fraction of sp³-hybridized carbons (Fsp3) is 0.188. The van der Waals surface area contributed by atoms with Gasteiger partial charge in [0.2, 0.25) is 6.79 Å². The highest BCUT2D eigenvalue weighted by molar-refractivity contribution is 5.78. The van der Waals surface area contributed by atoms with E-state index in [4.69, 9.17) is 14.2 Å². The molecule has 0 spiro atoms. The number of rotatable bonds is 1. The predicted octanol–water partition coefficient (Wildman–Crippen LogP) is 3.27. The van der Waals surface area contributed by atoms with E-state index >= 15 is 0 Å². The Morgan fingerprint density at radius 1 is 0.913 bits per heavy atom. The Morgan fingerprint density at radius 2 is 1.57 bits per heavy atom. The summed E-state index contributed by atoms with van der Waals surface area (Å²) in [6, 6.07) is 4.87. The Morgan fingerprint density at radius 3 is 2.26 bits per heavy atom. The zero-order valence-electron chi connectivity index (χ0n) is 11.6. The van der Waals surface area contributed by atoms with E-state index in [1.807, 2.05) is 0 Å². The van der Waals surface area contributed by atoms with Crippen LogP contribution in [0, 0.1) is 17.5 Å². The van der Waals surface area contributed by atoms with Crippen LogP contribution in [0.3, 0.4) is 0 Å². The number of halogens is 3. The van der Waals surface area contributed by atoms with Gasteiger partial charge in [0, 0.05) is 17.5 Å². The summed E-state index contributed by atoms with van der Waals surface area (Å²) in [6.07, 6.45) is -0.114. The molecule has 1 atom stereocenters. The van der Waals surface area contributed by atoms with Crippen LogP contribution in [-0.2, 0) is 4.79 Å². The van der Waals surface area contributed by atoms with Crippen molar-refractivity contribution in [1.82, 2.24) is 0 Å². The number of hydrogen-bond acceptors (Lipinski definition) is 4. The topological polar surface area (TPSA) is 44.8 Å². The third-order valence-electron chi connectivity index (χ3n) is 3.88. The maximum Gasteiger partial charge on any atom is 0.312 e. The lowest BCUT2D eigenvalue weighted by atomic mass is 9.86. The number of esters is 1. The van der Waals surface area contributed by atoms with Gasteiger partial charge in [0.25, 0.3) is 0 Å². The predicted molar refractivity (Wildman–Crippen MR) is 71.0 cm³/mol. The lowest BCUT2D eigenvalue weighted by Gasteiger charge is -2.25. The number of carbonyl (C=O) groups excluding carboxylic acids is 1. The zero-order chi connectivity index (χ0) is 16.1. The van der Waals surface area contributed by atoms with Crippen molar-refractivity contribution in [3.8, 4) is 17.2 Å². The molecule has 0 bridgehead atoms. The Bertz CT molecular complexity index is 811. The van der Waals surface area contributed by atoms with Crippen LogP contribution in [-0.4, -0.2) is 12.8 Å². The first-order valence-corrected chi connectivity index (χ1v) is 6.81. The number of carbonyl (C=O) groups is 1. The largest absolute Gasteiger partial charge is 0.454 e. The molecule has 2 aliphatic heterocycles. The SMILES string of the molecule is O=C1C[C@@H](c2cc(F)c(F)c(F)c2)c2cc3c(cc2O1)OCO3. The quantitative estimate of drug-likeness (QED) is 0.459. The molecule has 0 amide bonds. The van der Waals surface area contributed by atoms with E-state index in [1.165, 1.54) is 6.07 Å². The normalized spacial score (nSPS) is 18.6. The number of fused-ring (bicyclic) bond motifs is 2. The molecule has 0 unspecified atom stereocenters. The van der Waals surface area contributed by atoms with Crippen molar-refractivity contribution < 1.29 is 32.2 Å². The van der Waals surface area contributed by atoms with Crippen molar-refractivity contribution in [1.29, 1.82) is 0 Å². The Balaban J connectivity index is 1.86. The summed E-state index contributed by atoms with van der Waals surface area (Å²) < 4.78 is 55.8. The van der Waals surface area contributed by atoms with Crippen LogP contribution in [0.1, 0.15) is 23.5 Å². The monoisotopic (exact) mass is 322 g/mol. The van der Waals surface area contributed by atoms with E-state index in [1.54, 1.807) is 6.07 Å². The molecule has 0 saturated carbocycles. The van der Waals surface area contributed by atoms with E-state index in [9.17, 15) is 18.0 Å². The van der Waals surface area contributed by atoms with Gasteiger partial charge in [-0.3, -0.25) is 4.79 Å². The molecule has 7 heteroatoms. The molecule has 2 aromatic rings. The van der Waals surface area contributed by atoms with Gasteiger partial charge in [-0.15, -0.1) is 0 Å². The lowest BCUT2D eigenvalue weighted by molar-refractivity contribution is -0.135. The molecular weight excluding hydrogens is 313 g/mol. The van der Waals surface area contributed by atoms with Gasteiger partial charge in [-0.05, 0) is 23.8 Å². The Kier molecular flexibility index (Phi) is 2.97. The van der Waals surface area contributed by atoms with E-state index in [0.29, 0.717) is 17.1 Å². The van der Waals surface area contributed by atoms with Crippen LogP contribution in [0.25, 0.3) is 0 Å². The van der Waals surface area contributed by atoms with Crippen LogP contribution >= 0.6 is 0 Å². The van der Waals surface area contributed by atoms with Crippen molar-refractivity contribution >= 4 is 5.97 Å². The molecule has 0 radical (unpaired) electrons. The molecule has 0 saturated heterocycles. The fourth-order valence-electron chi connectivity index (χ4n) is 2.81. The van der Waals surface area contributed by atoms with Crippen molar-refractivity contribution in [3.05, 3.63) is 52.8 Å². The van der Waals surface area contributed by atoms with Gasteiger partial charge >= 0.3 is 5.97 Å². The van der Waals surface area contributed by atoms with E-state index in [2.05, 4.69) is 0 Å². The third kappa shape index (κ3) is 2.19. The summed E-state index contributed by atoms with van der Waals surface area (Å²) in [5.41, 5.74) is 0.678. The number of hydrogen-bond donors (Lipinski definition) is 0. The van der Waals surface area contributed by atoms with Gasteiger partial charge in [0.05, 0.1) is 6.42 Å². The van der Waals surface area contributed by atoms with E-state index in [-0.39, 0.29) is 24.5 Å². The molecule has 0 aliphatic carbocycles. The van der Waals surface area contributed by atoms with Crippen molar-refractivity contribution in [2.24, 2.45) is 0 Å². The van der Waals surface area contributed by atoms with Crippen LogP contribution in [0.15, 0.2) is 24.3 Å². The van der Waals surface area contributed by atoms with Crippen molar-refractivity contribution in [3.63, 3.8) is 0 Å². The molecule has 2 aliphatic rings. The summed E-state index contributed by atoms with van der Waals surface area (Å²) in [5, 5.41) is 0. The average molecular weight is 322 g/mol. The molecule has 0 N–H and O–H groups in total. The number of benzene rings is 2. The first kappa shape index (κ1) is 13.9.